The monoisotopic (exact) mass is 278 g/mol. The van der Waals surface area contributed by atoms with Gasteiger partial charge in [-0.1, -0.05) is 28.1 Å². The molecule has 0 radical (unpaired) electrons. The van der Waals surface area contributed by atoms with Crippen LogP contribution in [0, 0.1) is 6.92 Å². The van der Waals surface area contributed by atoms with Gasteiger partial charge in [0.2, 0.25) is 0 Å². The molecule has 1 aromatic carbocycles. The second-order valence-electron chi connectivity index (χ2n) is 3.53. The molecule has 0 saturated carbocycles. The Morgan fingerprint density at radius 2 is 1.94 bits per heavy atom. The van der Waals surface area contributed by atoms with Gasteiger partial charge in [0.1, 0.15) is 12.4 Å². The highest BCUT2D eigenvalue weighted by Gasteiger charge is 2.14. The van der Waals surface area contributed by atoms with E-state index >= 15 is 0 Å². The van der Waals surface area contributed by atoms with Crippen molar-refractivity contribution in [2.75, 3.05) is 0 Å². The van der Waals surface area contributed by atoms with Gasteiger partial charge in [-0.05, 0) is 24.1 Å². The summed E-state index contributed by atoms with van der Waals surface area (Å²) in [6.07, 6.45) is 4.01. The molecule has 1 aromatic heterocycles. The minimum Gasteiger partial charge on any atom is -0.384 e. The number of halogens is 1. The number of hydrogen-bond acceptors (Lipinski definition) is 3. The van der Waals surface area contributed by atoms with E-state index in [0.717, 1.165) is 15.6 Å². The minimum atomic E-state index is -0.682. The minimum absolute atomic E-state index is 0.682. The van der Waals surface area contributed by atoms with Crippen molar-refractivity contribution in [3.8, 4) is 0 Å². The van der Waals surface area contributed by atoms with E-state index in [0.29, 0.717) is 5.56 Å². The first kappa shape index (κ1) is 11.2. The Morgan fingerprint density at radius 3 is 2.62 bits per heavy atom. The van der Waals surface area contributed by atoms with Crippen molar-refractivity contribution >= 4 is 15.9 Å². The van der Waals surface area contributed by atoms with E-state index in [-0.39, 0.29) is 0 Å². The van der Waals surface area contributed by atoms with Gasteiger partial charge >= 0.3 is 0 Å². The zero-order valence-electron chi connectivity index (χ0n) is 8.76. The Bertz CT molecular complexity index is 488. The standard InChI is InChI=1S/C12H11BrN2O/c1-8-10(3-2-4-11(8)13)12(16)9-5-14-7-15-6-9/h2-7,12,16H,1H3. The highest BCUT2D eigenvalue weighted by Crippen LogP contribution is 2.27. The Labute approximate surface area is 102 Å². The molecule has 1 atom stereocenters. The van der Waals surface area contributed by atoms with Gasteiger partial charge in [-0.3, -0.25) is 0 Å². The predicted octanol–water partition coefficient (Wildman–Crippen LogP) is 2.63. The summed E-state index contributed by atoms with van der Waals surface area (Å²) in [6, 6.07) is 5.75. The molecule has 2 aromatic rings. The number of rotatable bonds is 2. The summed E-state index contributed by atoms with van der Waals surface area (Å²) >= 11 is 3.44. The van der Waals surface area contributed by atoms with E-state index in [2.05, 4.69) is 25.9 Å². The molecule has 0 aliphatic carbocycles. The largest absolute Gasteiger partial charge is 0.384 e. The van der Waals surface area contributed by atoms with E-state index < -0.39 is 6.10 Å². The van der Waals surface area contributed by atoms with Crippen LogP contribution in [0.4, 0.5) is 0 Å². The highest BCUT2D eigenvalue weighted by molar-refractivity contribution is 9.10. The molecule has 0 amide bonds. The van der Waals surface area contributed by atoms with Gasteiger partial charge in [-0.25, -0.2) is 9.97 Å². The summed E-state index contributed by atoms with van der Waals surface area (Å²) in [7, 11) is 0. The summed E-state index contributed by atoms with van der Waals surface area (Å²) in [5.41, 5.74) is 2.59. The SMILES string of the molecule is Cc1c(Br)cccc1C(O)c1cncnc1. The Balaban J connectivity index is 2.42. The average molecular weight is 279 g/mol. The number of aromatic nitrogens is 2. The van der Waals surface area contributed by atoms with Crippen molar-refractivity contribution in [1.82, 2.24) is 9.97 Å². The molecule has 16 heavy (non-hydrogen) atoms. The Hall–Kier alpha value is -1.26. The van der Waals surface area contributed by atoms with E-state index in [4.69, 9.17) is 0 Å². The van der Waals surface area contributed by atoms with Crippen LogP contribution in [0.1, 0.15) is 22.8 Å². The summed E-state index contributed by atoms with van der Waals surface area (Å²) in [5.74, 6) is 0. The lowest BCUT2D eigenvalue weighted by molar-refractivity contribution is 0.218. The molecule has 0 bridgehead atoms. The van der Waals surface area contributed by atoms with Crippen molar-refractivity contribution in [2.24, 2.45) is 0 Å². The van der Waals surface area contributed by atoms with Gasteiger partial charge < -0.3 is 5.11 Å². The molecule has 3 nitrogen and oxygen atoms in total. The van der Waals surface area contributed by atoms with Crippen molar-refractivity contribution in [1.29, 1.82) is 0 Å². The van der Waals surface area contributed by atoms with Crippen molar-refractivity contribution < 1.29 is 5.11 Å². The molecule has 1 heterocycles. The fourth-order valence-corrected chi connectivity index (χ4v) is 1.93. The third kappa shape index (κ3) is 2.13. The maximum Gasteiger partial charge on any atom is 0.115 e. The maximum atomic E-state index is 10.2. The Morgan fingerprint density at radius 1 is 1.25 bits per heavy atom. The van der Waals surface area contributed by atoms with Crippen molar-refractivity contribution in [3.63, 3.8) is 0 Å². The lowest BCUT2D eigenvalue weighted by Gasteiger charge is -2.14. The molecule has 4 heteroatoms. The van der Waals surface area contributed by atoms with E-state index in [1.54, 1.807) is 12.4 Å². The molecule has 0 spiro atoms. The summed E-state index contributed by atoms with van der Waals surface area (Å²) in [5, 5.41) is 10.2. The molecule has 0 fully saturated rings. The number of aliphatic hydroxyl groups is 1. The van der Waals surface area contributed by atoms with Crippen LogP contribution in [0.5, 0.6) is 0 Å². The van der Waals surface area contributed by atoms with Crippen LogP contribution in [0.15, 0.2) is 41.4 Å². The fourth-order valence-electron chi connectivity index (χ4n) is 1.55. The Kier molecular flexibility index (Phi) is 3.31. The van der Waals surface area contributed by atoms with Gasteiger partial charge in [-0.2, -0.15) is 0 Å². The smallest absolute Gasteiger partial charge is 0.115 e. The molecular formula is C12H11BrN2O. The maximum absolute atomic E-state index is 10.2. The molecule has 2 rings (SSSR count). The zero-order chi connectivity index (χ0) is 11.5. The highest BCUT2D eigenvalue weighted by atomic mass is 79.9. The van der Waals surface area contributed by atoms with Crippen LogP contribution < -0.4 is 0 Å². The number of benzene rings is 1. The van der Waals surface area contributed by atoms with Crippen LogP contribution >= 0.6 is 15.9 Å². The van der Waals surface area contributed by atoms with Gasteiger partial charge in [0.05, 0.1) is 0 Å². The average Bonchev–Trinajstić information content (AvgIpc) is 2.33. The van der Waals surface area contributed by atoms with Crippen LogP contribution in [0.25, 0.3) is 0 Å². The van der Waals surface area contributed by atoms with Crippen molar-refractivity contribution in [3.05, 3.63) is 58.1 Å². The van der Waals surface area contributed by atoms with Gasteiger partial charge in [0, 0.05) is 22.4 Å². The number of hydrogen-bond donors (Lipinski definition) is 1. The molecular weight excluding hydrogens is 268 g/mol. The normalized spacial score (nSPS) is 12.4. The van der Waals surface area contributed by atoms with Crippen LogP contribution in [-0.4, -0.2) is 15.1 Å². The molecule has 1 N–H and O–H groups in total. The first-order valence-electron chi connectivity index (χ1n) is 4.88. The van der Waals surface area contributed by atoms with E-state index in [1.165, 1.54) is 6.33 Å². The van der Waals surface area contributed by atoms with E-state index in [1.807, 2.05) is 25.1 Å². The summed E-state index contributed by atoms with van der Waals surface area (Å²) in [6.45, 7) is 1.96. The third-order valence-corrected chi connectivity index (χ3v) is 3.36. The van der Waals surface area contributed by atoms with Crippen molar-refractivity contribution in [2.45, 2.75) is 13.0 Å². The van der Waals surface area contributed by atoms with Gasteiger partial charge in [0.15, 0.2) is 0 Å². The second-order valence-corrected chi connectivity index (χ2v) is 4.38. The number of nitrogens with zero attached hydrogens (tertiary/aromatic N) is 2. The first-order chi connectivity index (χ1) is 7.70. The lowest BCUT2D eigenvalue weighted by atomic mass is 10.00. The lowest BCUT2D eigenvalue weighted by Crippen LogP contribution is -2.03. The first-order valence-corrected chi connectivity index (χ1v) is 5.67. The van der Waals surface area contributed by atoms with Crippen LogP contribution in [0.3, 0.4) is 0 Å². The molecule has 0 aliphatic rings. The van der Waals surface area contributed by atoms with Crippen LogP contribution in [-0.2, 0) is 0 Å². The number of aliphatic hydroxyl groups excluding tert-OH is 1. The zero-order valence-corrected chi connectivity index (χ0v) is 10.3. The summed E-state index contributed by atoms with van der Waals surface area (Å²) < 4.78 is 0.987. The molecule has 0 aliphatic heterocycles. The second kappa shape index (κ2) is 4.72. The van der Waals surface area contributed by atoms with E-state index in [9.17, 15) is 5.11 Å². The van der Waals surface area contributed by atoms with Gasteiger partial charge in [-0.15, -0.1) is 0 Å². The molecule has 82 valence electrons. The summed E-state index contributed by atoms with van der Waals surface area (Å²) in [4.78, 5) is 7.80. The quantitative estimate of drug-likeness (QED) is 0.919. The van der Waals surface area contributed by atoms with Gasteiger partial charge in [0.25, 0.3) is 0 Å². The molecule has 1 unspecified atom stereocenters. The van der Waals surface area contributed by atoms with Crippen LogP contribution in [0.2, 0.25) is 0 Å². The fraction of sp³-hybridized carbons (Fsp3) is 0.167. The third-order valence-electron chi connectivity index (χ3n) is 2.50. The predicted molar refractivity (Wildman–Crippen MR) is 65.0 cm³/mol. The molecule has 0 saturated heterocycles. The topological polar surface area (TPSA) is 46.0 Å².